The van der Waals surface area contributed by atoms with Crippen molar-refractivity contribution in [3.63, 3.8) is 0 Å². The summed E-state index contributed by atoms with van der Waals surface area (Å²) >= 11 is 0. The maximum absolute atomic E-state index is 9.22. The summed E-state index contributed by atoms with van der Waals surface area (Å²) in [5.41, 5.74) is 4.87. The van der Waals surface area contributed by atoms with Gasteiger partial charge in [-0.2, -0.15) is 10.2 Å². The monoisotopic (exact) mass is 343 g/mol. The fourth-order valence-corrected chi connectivity index (χ4v) is 2.83. The van der Waals surface area contributed by atoms with Gasteiger partial charge in [-0.1, -0.05) is 44.2 Å². The molecule has 1 aromatic heterocycles. The van der Waals surface area contributed by atoms with Crippen molar-refractivity contribution < 1.29 is 0 Å². The Morgan fingerprint density at radius 1 is 0.923 bits per heavy atom. The Hall–Kier alpha value is -3.39. The second-order valence-electron chi connectivity index (χ2n) is 5.83. The smallest absolute Gasteiger partial charge is 0.229 e. The Labute approximate surface area is 153 Å². The molecule has 2 aromatic carbocycles. The van der Waals surface area contributed by atoms with E-state index in [9.17, 15) is 5.26 Å². The number of rotatable bonds is 6. The highest BCUT2D eigenvalue weighted by Crippen LogP contribution is 2.26. The van der Waals surface area contributed by atoms with Crippen molar-refractivity contribution in [1.82, 2.24) is 9.97 Å². The van der Waals surface area contributed by atoms with E-state index in [4.69, 9.17) is 0 Å². The summed E-state index contributed by atoms with van der Waals surface area (Å²) in [6, 6.07) is 17.7. The van der Waals surface area contributed by atoms with E-state index in [-0.39, 0.29) is 0 Å². The van der Waals surface area contributed by atoms with Gasteiger partial charge in [0.05, 0.1) is 11.3 Å². The second kappa shape index (κ2) is 8.13. The van der Waals surface area contributed by atoms with Crippen LogP contribution in [0, 0.1) is 11.3 Å². The van der Waals surface area contributed by atoms with E-state index in [1.807, 2.05) is 24.3 Å². The molecule has 3 rings (SSSR count). The highest BCUT2D eigenvalue weighted by molar-refractivity contribution is 5.67. The van der Waals surface area contributed by atoms with Crippen LogP contribution < -0.4 is 10.6 Å². The average Bonchev–Trinajstić information content (AvgIpc) is 2.69. The molecule has 0 bridgehead atoms. The topological polar surface area (TPSA) is 73.6 Å². The van der Waals surface area contributed by atoms with Crippen LogP contribution in [0.25, 0.3) is 0 Å². The number of para-hydroxylation sites is 2. The number of nitrogens with one attached hydrogen (secondary N) is 2. The van der Waals surface area contributed by atoms with Crippen LogP contribution in [0.4, 0.5) is 23.1 Å². The van der Waals surface area contributed by atoms with Crippen LogP contribution in [0.1, 0.15) is 30.5 Å². The Morgan fingerprint density at radius 2 is 1.65 bits per heavy atom. The maximum atomic E-state index is 9.22. The van der Waals surface area contributed by atoms with Crippen LogP contribution in [0.5, 0.6) is 0 Å². The molecule has 0 saturated heterocycles. The molecule has 5 heteroatoms. The third-order valence-corrected chi connectivity index (χ3v) is 4.20. The van der Waals surface area contributed by atoms with Gasteiger partial charge in [0.15, 0.2) is 0 Å². The van der Waals surface area contributed by atoms with Gasteiger partial charge >= 0.3 is 0 Å². The lowest BCUT2D eigenvalue weighted by molar-refractivity contribution is 1.08. The molecule has 0 radical (unpaired) electrons. The van der Waals surface area contributed by atoms with Crippen LogP contribution in [0.2, 0.25) is 0 Å². The maximum Gasteiger partial charge on any atom is 0.229 e. The molecule has 0 unspecified atom stereocenters. The van der Waals surface area contributed by atoms with E-state index in [1.54, 1.807) is 12.3 Å². The quantitative estimate of drug-likeness (QED) is 0.662. The van der Waals surface area contributed by atoms with Crippen molar-refractivity contribution in [1.29, 1.82) is 5.26 Å². The molecule has 2 N–H and O–H groups in total. The van der Waals surface area contributed by atoms with E-state index in [0.717, 1.165) is 18.5 Å². The predicted molar refractivity (Wildman–Crippen MR) is 105 cm³/mol. The molecule has 1 heterocycles. The SMILES string of the molecule is CCc1cccc(CC)c1Nc1ccnc(Nc2ccccc2C#N)n1. The molecular formula is C21H21N5. The van der Waals surface area contributed by atoms with Crippen molar-refractivity contribution in [2.45, 2.75) is 26.7 Å². The van der Waals surface area contributed by atoms with Crippen LogP contribution in [0.3, 0.4) is 0 Å². The Bertz CT molecular complexity index is 921. The third kappa shape index (κ3) is 3.81. The summed E-state index contributed by atoms with van der Waals surface area (Å²) in [4.78, 5) is 8.81. The minimum Gasteiger partial charge on any atom is -0.340 e. The lowest BCUT2D eigenvalue weighted by Gasteiger charge is -2.15. The lowest BCUT2D eigenvalue weighted by atomic mass is 10.0. The number of nitrogens with zero attached hydrogens (tertiary/aromatic N) is 3. The highest BCUT2D eigenvalue weighted by Gasteiger charge is 2.09. The van der Waals surface area contributed by atoms with Gasteiger partial charge in [-0.15, -0.1) is 0 Å². The molecule has 0 amide bonds. The van der Waals surface area contributed by atoms with Gasteiger partial charge < -0.3 is 10.6 Å². The summed E-state index contributed by atoms with van der Waals surface area (Å²) in [7, 11) is 0. The molecule has 3 aromatic rings. The number of aryl methyl sites for hydroxylation is 2. The van der Waals surface area contributed by atoms with Crippen molar-refractivity contribution >= 4 is 23.1 Å². The van der Waals surface area contributed by atoms with Crippen LogP contribution >= 0.6 is 0 Å². The van der Waals surface area contributed by atoms with Gasteiger partial charge in [-0.25, -0.2) is 4.98 Å². The number of hydrogen-bond donors (Lipinski definition) is 2. The standard InChI is InChI=1S/C21H21N5/c1-3-15-9-7-10-16(4-2)20(15)25-19-12-13-23-21(26-19)24-18-11-6-5-8-17(18)14-22/h5-13H,3-4H2,1-2H3,(H2,23,24,25,26). The minimum absolute atomic E-state index is 0.449. The molecule has 0 aliphatic heterocycles. The van der Waals surface area contributed by atoms with Gasteiger partial charge in [-0.05, 0) is 42.2 Å². The summed E-state index contributed by atoms with van der Waals surface area (Å²) in [5, 5.41) is 15.8. The van der Waals surface area contributed by atoms with Gasteiger partial charge in [0, 0.05) is 11.9 Å². The fourth-order valence-electron chi connectivity index (χ4n) is 2.83. The average molecular weight is 343 g/mol. The van der Waals surface area contributed by atoms with E-state index < -0.39 is 0 Å². The number of nitriles is 1. The first-order valence-electron chi connectivity index (χ1n) is 8.72. The van der Waals surface area contributed by atoms with Gasteiger partial charge in [0.2, 0.25) is 5.95 Å². The molecule has 0 fully saturated rings. The summed E-state index contributed by atoms with van der Waals surface area (Å²) in [6.45, 7) is 4.29. The van der Waals surface area contributed by atoms with Crippen molar-refractivity contribution in [2.75, 3.05) is 10.6 Å². The lowest BCUT2D eigenvalue weighted by Crippen LogP contribution is -2.04. The third-order valence-electron chi connectivity index (χ3n) is 4.20. The summed E-state index contributed by atoms with van der Waals surface area (Å²) in [6.07, 6.45) is 3.59. The van der Waals surface area contributed by atoms with Gasteiger partial charge in [0.1, 0.15) is 11.9 Å². The number of benzene rings is 2. The fraction of sp³-hybridized carbons (Fsp3) is 0.190. The Kier molecular flexibility index (Phi) is 5.45. The number of hydrogen-bond acceptors (Lipinski definition) is 5. The zero-order valence-electron chi connectivity index (χ0n) is 15.0. The number of anilines is 4. The molecule has 0 atom stereocenters. The summed E-state index contributed by atoms with van der Waals surface area (Å²) < 4.78 is 0. The number of aromatic nitrogens is 2. The highest BCUT2D eigenvalue weighted by atomic mass is 15.1. The molecule has 130 valence electrons. The first kappa shape index (κ1) is 17.4. The van der Waals surface area contributed by atoms with Crippen molar-refractivity contribution in [3.8, 4) is 6.07 Å². The Balaban J connectivity index is 1.88. The van der Waals surface area contributed by atoms with Crippen molar-refractivity contribution in [2.24, 2.45) is 0 Å². The zero-order valence-corrected chi connectivity index (χ0v) is 15.0. The molecule has 0 saturated carbocycles. The molecular weight excluding hydrogens is 322 g/mol. The zero-order chi connectivity index (χ0) is 18.4. The predicted octanol–water partition coefficient (Wildman–Crippen LogP) is 4.96. The van der Waals surface area contributed by atoms with E-state index >= 15 is 0 Å². The molecule has 26 heavy (non-hydrogen) atoms. The van der Waals surface area contributed by atoms with Gasteiger partial charge in [-0.3, -0.25) is 0 Å². The first-order chi connectivity index (χ1) is 12.7. The normalized spacial score (nSPS) is 10.2. The molecule has 0 aliphatic carbocycles. The van der Waals surface area contributed by atoms with E-state index in [0.29, 0.717) is 23.0 Å². The Morgan fingerprint density at radius 3 is 2.35 bits per heavy atom. The molecule has 0 aliphatic rings. The largest absolute Gasteiger partial charge is 0.340 e. The van der Waals surface area contributed by atoms with Crippen LogP contribution in [0.15, 0.2) is 54.7 Å². The van der Waals surface area contributed by atoms with Crippen molar-refractivity contribution in [3.05, 3.63) is 71.4 Å². The second-order valence-corrected chi connectivity index (χ2v) is 5.83. The van der Waals surface area contributed by atoms with Crippen LogP contribution in [-0.2, 0) is 12.8 Å². The van der Waals surface area contributed by atoms with Crippen LogP contribution in [-0.4, -0.2) is 9.97 Å². The van der Waals surface area contributed by atoms with Gasteiger partial charge in [0.25, 0.3) is 0 Å². The molecule has 5 nitrogen and oxygen atoms in total. The molecule has 0 spiro atoms. The minimum atomic E-state index is 0.449. The summed E-state index contributed by atoms with van der Waals surface area (Å²) in [5.74, 6) is 1.16. The van der Waals surface area contributed by atoms with E-state index in [1.165, 1.54) is 11.1 Å². The first-order valence-corrected chi connectivity index (χ1v) is 8.72. The van der Waals surface area contributed by atoms with E-state index in [2.05, 4.69) is 58.7 Å².